The van der Waals surface area contributed by atoms with Gasteiger partial charge in [0.15, 0.2) is 0 Å². The Morgan fingerprint density at radius 3 is 2.17 bits per heavy atom. The molecular weight excluding hydrogens is 391 g/mol. The van der Waals surface area contributed by atoms with Crippen LogP contribution < -0.4 is 5.73 Å². The van der Waals surface area contributed by atoms with Crippen molar-refractivity contribution in [3.8, 4) is 0 Å². The van der Waals surface area contributed by atoms with Crippen molar-refractivity contribution in [3.63, 3.8) is 0 Å². The zero-order valence-electron chi connectivity index (χ0n) is 15.8. The molecule has 2 atom stereocenters. The number of benzene rings is 3. The van der Waals surface area contributed by atoms with Crippen LogP contribution in [0.2, 0.25) is 5.02 Å². The average Bonchev–Trinajstić information content (AvgIpc) is 2.71. The summed E-state index contributed by atoms with van der Waals surface area (Å²) in [6, 6.07) is 19.7. The van der Waals surface area contributed by atoms with Crippen molar-refractivity contribution in [2.45, 2.75) is 19.0 Å². The first-order valence-corrected chi connectivity index (χ1v) is 9.45. The lowest BCUT2D eigenvalue weighted by molar-refractivity contribution is -0.123. The Labute approximate surface area is 173 Å². The molecule has 0 aliphatic heterocycles. The lowest BCUT2D eigenvalue weighted by Crippen LogP contribution is -2.43. The number of amides is 2. The second-order valence-corrected chi connectivity index (χ2v) is 7.08. The number of primary amides is 1. The highest BCUT2D eigenvalue weighted by atomic mass is 35.5. The van der Waals surface area contributed by atoms with E-state index in [1.54, 1.807) is 67.6 Å². The number of hydrogen-bond donors (Lipinski definition) is 1. The highest BCUT2D eigenvalue weighted by Crippen LogP contribution is 2.33. The van der Waals surface area contributed by atoms with E-state index in [-0.39, 0.29) is 5.56 Å². The van der Waals surface area contributed by atoms with Crippen LogP contribution in [0, 0.1) is 5.82 Å². The average molecular weight is 411 g/mol. The summed E-state index contributed by atoms with van der Waals surface area (Å²) in [7, 11) is 0. The van der Waals surface area contributed by atoms with Gasteiger partial charge < -0.3 is 10.6 Å². The van der Waals surface area contributed by atoms with Crippen LogP contribution in [0.1, 0.15) is 40.5 Å². The zero-order valence-corrected chi connectivity index (χ0v) is 16.5. The van der Waals surface area contributed by atoms with Gasteiger partial charge in [0.25, 0.3) is 5.91 Å². The smallest absolute Gasteiger partial charge is 0.258 e. The van der Waals surface area contributed by atoms with Gasteiger partial charge in [-0.1, -0.05) is 66.2 Å². The van der Waals surface area contributed by atoms with Crippen LogP contribution in [0.25, 0.3) is 0 Å². The van der Waals surface area contributed by atoms with Crippen molar-refractivity contribution in [3.05, 3.63) is 106 Å². The minimum absolute atomic E-state index is 0.136. The number of carbonyl (C=O) groups excluding carboxylic acids is 2. The van der Waals surface area contributed by atoms with Crippen LogP contribution in [0.4, 0.5) is 4.39 Å². The van der Waals surface area contributed by atoms with Gasteiger partial charge in [-0.2, -0.15) is 0 Å². The Kier molecular flexibility index (Phi) is 6.29. The molecule has 2 N–H and O–H groups in total. The van der Waals surface area contributed by atoms with E-state index in [9.17, 15) is 14.0 Å². The van der Waals surface area contributed by atoms with Crippen LogP contribution in [0.3, 0.4) is 0 Å². The van der Waals surface area contributed by atoms with Crippen molar-refractivity contribution >= 4 is 23.4 Å². The molecule has 0 saturated carbocycles. The van der Waals surface area contributed by atoms with E-state index in [0.29, 0.717) is 16.1 Å². The molecule has 0 radical (unpaired) electrons. The SMILES string of the molecule is C[C@H](c1cccc(Cl)c1)N(C(=O)c1ccccc1F)[C@@H](C(N)=O)c1ccccc1. The van der Waals surface area contributed by atoms with E-state index < -0.39 is 29.7 Å². The third-order valence-corrected chi connectivity index (χ3v) is 4.99. The van der Waals surface area contributed by atoms with E-state index in [1.165, 1.54) is 23.1 Å². The maximum Gasteiger partial charge on any atom is 0.258 e. The molecule has 0 aliphatic carbocycles. The molecule has 0 heterocycles. The predicted molar refractivity (Wildman–Crippen MR) is 111 cm³/mol. The molecule has 2 amide bonds. The Bertz CT molecular complexity index is 1030. The third-order valence-electron chi connectivity index (χ3n) is 4.75. The Morgan fingerprint density at radius 1 is 0.931 bits per heavy atom. The van der Waals surface area contributed by atoms with Gasteiger partial charge in [0, 0.05) is 5.02 Å². The standard InChI is InChI=1S/C23H20ClFN2O2/c1-15(17-10-7-11-18(24)14-17)27(23(29)19-12-5-6-13-20(19)25)21(22(26)28)16-8-3-2-4-9-16/h2-15,21H,1H3,(H2,26,28)/t15-,21-/m1/s1. The van der Waals surface area contributed by atoms with Gasteiger partial charge >= 0.3 is 0 Å². The lowest BCUT2D eigenvalue weighted by atomic mass is 9.98. The fourth-order valence-corrected chi connectivity index (χ4v) is 3.51. The topological polar surface area (TPSA) is 63.4 Å². The minimum Gasteiger partial charge on any atom is -0.368 e. The van der Waals surface area contributed by atoms with Crippen LogP contribution in [-0.2, 0) is 4.79 Å². The van der Waals surface area contributed by atoms with Crippen molar-refractivity contribution in [1.82, 2.24) is 4.90 Å². The summed E-state index contributed by atoms with van der Waals surface area (Å²) < 4.78 is 14.4. The predicted octanol–water partition coefficient (Wildman–Crippen LogP) is 4.91. The molecule has 6 heteroatoms. The summed E-state index contributed by atoms with van der Waals surface area (Å²) in [5, 5.41) is 0.489. The van der Waals surface area contributed by atoms with Gasteiger partial charge in [-0.05, 0) is 42.3 Å². The second kappa shape index (κ2) is 8.88. The maximum atomic E-state index is 14.4. The molecule has 3 aromatic rings. The molecule has 148 valence electrons. The van der Waals surface area contributed by atoms with Gasteiger partial charge in [0.2, 0.25) is 5.91 Å². The van der Waals surface area contributed by atoms with E-state index in [1.807, 2.05) is 0 Å². The molecule has 3 aromatic carbocycles. The van der Waals surface area contributed by atoms with E-state index in [0.717, 1.165) is 0 Å². The highest BCUT2D eigenvalue weighted by Gasteiger charge is 2.35. The summed E-state index contributed by atoms with van der Waals surface area (Å²) >= 11 is 6.12. The normalized spacial score (nSPS) is 12.8. The maximum absolute atomic E-state index is 14.4. The number of hydrogen-bond acceptors (Lipinski definition) is 2. The first-order valence-electron chi connectivity index (χ1n) is 9.07. The highest BCUT2D eigenvalue weighted by molar-refractivity contribution is 6.30. The van der Waals surface area contributed by atoms with Crippen molar-refractivity contribution < 1.29 is 14.0 Å². The lowest BCUT2D eigenvalue weighted by Gasteiger charge is -2.35. The largest absolute Gasteiger partial charge is 0.368 e. The summed E-state index contributed by atoms with van der Waals surface area (Å²) in [4.78, 5) is 27.2. The number of carbonyl (C=O) groups is 2. The van der Waals surface area contributed by atoms with Crippen molar-refractivity contribution in [1.29, 1.82) is 0 Å². The van der Waals surface area contributed by atoms with Crippen LogP contribution >= 0.6 is 11.6 Å². The van der Waals surface area contributed by atoms with E-state index in [2.05, 4.69) is 0 Å². The molecule has 3 rings (SSSR count). The number of halogens is 2. The second-order valence-electron chi connectivity index (χ2n) is 6.64. The van der Waals surface area contributed by atoms with Gasteiger partial charge in [-0.3, -0.25) is 9.59 Å². The zero-order chi connectivity index (χ0) is 21.0. The quantitative estimate of drug-likeness (QED) is 0.627. The van der Waals surface area contributed by atoms with Gasteiger partial charge in [-0.15, -0.1) is 0 Å². The van der Waals surface area contributed by atoms with Crippen molar-refractivity contribution in [2.24, 2.45) is 5.73 Å². The Hall–Kier alpha value is -3.18. The monoisotopic (exact) mass is 410 g/mol. The molecule has 0 fully saturated rings. The summed E-state index contributed by atoms with van der Waals surface area (Å²) in [6.45, 7) is 1.75. The molecule has 0 saturated heterocycles. The molecule has 4 nitrogen and oxygen atoms in total. The molecule has 0 aliphatic rings. The molecule has 0 aromatic heterocycles. The molecule has 0 unspecified atom stereocenters. The Morgan fingerprint density at radius 2 is 1.55 bits per heavy atom. The van der Waals surface area contributed by atoms with Crippen molar-refractivity contribution in [2.75, 3.05) is 0 Å². The Balaban J connectivity index is 2.16. The number of nitrogens with zero attached hydrogens (tertiary/aromatic N) is 1. The van der Waals surface area contributed by atoms with Crippen LogP contribution in [-0.4, -0.2) is 16.7 Å². The summed E-state index contributed by atoms with van der Waals surface area (Å²) in [6.07, 6.45) is 0. The van der Waals surface area contributed by atoms with E-state index >= 15 is 0 Å². The van der Waals surface area contributed by atoms with Gasteiger partial charge in [0.1, 0.15) is 11.9 Å². The number of nitrogens with two attached hydrogens (primary N) is 1. The molecule has 0 spiro atoms. The van der Waals surface area contributed by atoms with Gasteiger partial charge in [0.05, 0.1) is 11.6 Å². The number of rotatable bonds is 6. The van der Waals surface area contributed by atoms with Gasteiger partial charge in [-0.25, -0.2) is 4.39 Å². The molecule has 0 bridgehead atoms. The fourth-order valence-electron chi connectivity index (χ4n) is 3.31. The van der Waals surface area contributed by atoms with Crippen LogP contribution in [0.15, 0.2) is 78.9 Å². The molecule has 29 heavy (non-hydrogen) atoms. The summed E-state index contributed by atoms with van der Waals surface area (Å²) in [5.74, 6) is -2.02. The summed E-state index contributed by atoms with van der Waals surface area (Å²) in [5.41, 5.74) is 6.82. The van der Waals surface area contributed by atoms with E-state index in [4.69, 9.17) is 17.3 Å². The first kappa shape index (κ1) is 20.6. The first-order chi connectivity index (χ1) is 13.9. The fraction of sp³-hybridized carbons (Fsp3) is 0.130. The molecular formula is C23H20ClFN2O2. The third kappa shape index (κ3) is 4.46. The van der Waals surface area contributed by atoms with Crippen LogP contribution in [0.5, 0.6) is 0 Å². The minimum atomic E-state index is -1.09.